The smallest absolute Gasteiger partial charge is 0.231 e. The zero-order valence-corrected chi connectivity index (χ0v) is 20.2. The van der Waals surface area contributed by atoms with Crippen molar-refractivity contribution < 1.29 is 19.0 Å². The first-order valence-corrected chi connectivity index (χ1v) is 12.0. The standard InChI is InChI=1S/C29H33NO4/c1-4-29(31)30(19-22-10-13-25(14-11-22)34-21(2)3)17-16-26(23-8-6-5-7-9-23)24-12-15-27-28(18-24)33-20-32-27/h5-15,18,21,26H,4,16-17,19-20H2,1-3H3/t26-/m1/s1. The second-order valence-corrected chi connectivity index (χ2v) is 8.84. The van der Waals surface area contributed by atoms with Crippen molar-refractivity contribution in [1.82, 2.24) is 4.90 Å². The number of carbonyl (C=O) groups excluding carboxylic acids is 1. The van der Waals surface area contributed by atoms with Gasteiger partial charge in [0.15, 0.2) is 11.5 Å². The van der Waals surface area contributed by atoms with E-state index in [0.29, 0.717) is 19.5 Å². The summed E-state index contributed by atoms with van der Waals surface area (Å²) in [4.78, 5) is 14.8. The maximum Gasteiger partial charge on any atom is 0.231 e. The third kappa shape index (κ3) is 5.90. The van der Waals surface area contributed by atoms with Crippen LogP contribution in [0.4, 0.5) is 0 Å². The van der Waals surface area contributed by atoms with Crippen LogP contribution in [0.1, 0.15) is 56.2 Å². The monoisotopic (exact) mass is 459 g/mol. The number of rotatable bonds is 10. The molecule has 0 bridgehead atoms. The predicted octanol–water partition coefficient (Wildman–Crippen LogP) is 6.16. The topological polar surface area (TPSA) is 48.0 Å². The maximum absolute atomic E-state index is 12.8. The van der Waals surface area contributed by atoms with Gasteiger partial charge in [0.25, 0.3) is 0 Å². The second kappa shape index (κ2) is 11.1. The Labute approximate surface area is 202 Å². The molecule has 5 nitrogen and oxygen atoms in total. The molecule has 34 heavy (non-hydrogen) atoms. The van der Waals surface area contributed by atoms with Gasteiger partial charge < -0.3 is 19.1 Å². The van der Waals surface area contributed by atoms with E-state index in [4.69, 9.17) is 14.2 Å². The van der Waals surface area contributed by atoms with Crippen molar-refractivity contribution in [3.63, 3.8) is 0 Å². The van der Waals surface area contributed by atoms with Crippen molar-refractivity contribution in [3.8, 4) is 17.2 Å². The zero-order valence-electron chi connectivity index (χ0n) is 20.2. The van der Waals surface area contributed by atoms with Crippen molar-refractivity contribution in [2.75, 3.05) is 13.3 Å². The highest BCUT2D eigenvalue weighted by Gasteiger charge is 2.21. The van der Waals surface area contributed by atoms with Crippen molar-refractivity contribution >= 4 is 5.91 Å². The molecule has 5 heteroatoms. The molecule has 1 aliphatic heterocycles. The molecule has 0 aliphatic carbocycles. The summed E-state index contributed by atoms with van der Waals surface area (Å²) in [6.45, 7) is 7.44. The summed E-state index contributed by atoms with van der Waals surface area (Å²) in [6.07, 6.45) is 1.42. The Morgan fingerprint density at radius 1 is 0.941 bits per heavy atom. The zero-order chi connectivity index (χ0) is 23.9. The molecule has 0 radical (unpaired) electrons. The van der Waals surface area contributed by atoms with Gasteiger partial charge in [-0.3, -0.25) is 4.79 Å². The molecule has 0 aromatic heterocycles. The van der Waals surface area contributed by atoms with Crippen LogP contribution < -0.4 is 14.2 Å². The van der Waals surface area contributed by atoms with E-state index in [1.165, 1.54) is 5.56 Å². The van der Waals surface area contributed by atoms with E-state index in [1.54, 1.807) is 0 Å². The van der Waals surface area contributed by atoms with Gasteiger partial charge in [0, 0.05) is 25.4 Å². The van der Waals surface area contributed by atoms with Crippen molar-refractivity contribution in [2.24, 2.45) is 0 Å². The van der Waals surface area contributed by atoms with Gasteiger partial charge in [-0.05, 0) is 61.2 Å². The van der Waals surface area contributed by atoms with Crippen LogP contribution in [0.5, 0.6) is 17.2 Å². The molecule has 0 saturated carbocycles. The molecule has 0 N–H and O–H groups in total. The van der Waals surface area contributed by atoms with E-state index >= 15 is 0 Å². The molecular formula is C29H33NO4. The number of hydrogen-bond acceptors (Lipinski definition) is 4. The van der Waals surface area contributed by atoms with Crippen molar-refractivity contribution in [1.29, 1.82) is 0 Å². The predicted molar refractivity (Wildman–Crippen MR) is 133 cm³/mol. The highest BCUT2D eigenvalue weighted by Crippen LogP contribution is 2.37. The molecule has 4 rings (SSSR count). The number of hydrogen-bond donors (Lipinski definition) is 0. The van der Waals surface area contributed by atoms with Crippen molar-refractivity contribution in [2.45, 2.75) is 52.2 Å². The number of fused-ring (bicyclic) bond motifs is 1. The fourth-order valence-electron chi connectivity index (χ4n) is 4.31. The van der Waals surface area contributed by atoms with Gasteiger partial charge in [0.1, 0.15) is 5.75 Å². The Hall–Kier alpha value is -3.47. The number of carbonyl (C=O) groups is 1. The molecule has 1 heterocycles. The molecule has 3 aromatic carbocycles. The molecular weight excluding hydrogens is 426 g/mol. The summed E-state index contributed by atoms with van der Waals surface area (Å²) in [5, 5.41) is 0. The molecule has 0 saturated heterocycles. The highest BCUT2D eigenvalue weighted by atomic mass is 16.7. The van der Waals surface area contributed by atoms with Gasteiger partial charge in [-0.2, -0.15) is 0 Å². The number of benzene rings is 3. The van der Waals surface area contributed by atoms with Crippen molar-refractivity contribution in [3.05, 3.63) is 89.5 Å². The minimum Gasteiger partial charge on any atom is -0.491 e. The van der Waals surface area contributed by atoms with E-state index < -0.39 is 0 Å². The van der Waals surface area contributed by atoms with Gasteiger partial charge >= 0.3 is 0 Å². The van der Waals surface area contributed by atoms with Crippen LogP contribution in [-0.2, 0) is 11.3 Å². The van der Waals surface area contributed by atoms with Crippen LogP contribution >= 0.6 is 0 Å². The van der Waals surface area contributed by atoms with Crippen LogP contribution in [0.2, 0.25) is 0 Å². The average molecular weight is 460 g/mol. The van der Waals surface area contributed by atoms with Gasteiger partial charge in [-0.15, -0.1) is 0 Å². The third-order valence-corrected chi connectivity index (χ3v) is 6.01. The Morgan fingerprint density at radius 2 is 1.68 bits per heavy atom. The first kappa shape index (κ1) is 23.7. The molecule has 1 atom stereocenters. The number of nitrogens with zero attached hydrogens (tertiary/aromatic N) is 1. The molecule has 1 amide bonds. The summed E-state index contributed by atoms with van der Waals surface area (Å²) < 4.78 is 16.9. The Morgan fingerprint density at radius 3 is 2.38 bits per heavy atom. The van der Waals surface area contributed by atoms with Gasteiger partial charge in [0.2, 0.25) is 12.7 Å². The fraction of sp³-hybridized carbons (Fsp3) is 0.345. The van der Waals surface area contributed by atoms with Gasteiger partial charge in [-0.1, -0.05) is 55.5 Å². The summed E-state index contributed by atoms with van der Waals surface area (Å²) >= 11 is 0. The molecule has 0 fully saturated rings. The van der Waals surface area contributed by atoms with Crippen LogP contribution in [0, 0.1) is 0 Å². The summed E-state index contributed by atoms with van der Waals surface area (Å²) in [7, 11) is 0. The lowest BCUT2D eigenvalue weighted by Gasteiger charge is -2.26. The SMILES string of the molecule is CCC(=O)N(CC[C@H](c1ccccc1)c1ccc2c(c1)OCO2)Cc1ccc(OC(C)C)cc1. The lowest BCUT2D eigenvalue weighted by Crippen LogP contribution is -2.31. The van der Waals surface area contributed by atoms with E-state index in [0.717, 1.165) is 34.8 Å². The third-order valence-electron chi connectivity index (χ3n) is 6.01. The van der Waals surface area contributed by atoms with Crippen LogP contribution in [0.15, 0.2) is 72.8 Å². The fourth-order valence-corrected chi connectivity index (χ4v) is 4.31. The molecule has 0 unspecified atom stereocenters. The van der Waals surface area contributed by atoms with E-state index in [1.807, 2.05) is 62.1 Å². The van der Waals surface area contributed by atoms with E-state index in [9.17, 15) is 4.79 Å². The lowest BCUT2D eigenvalue weighted by molar-refractivity contribution is -0.131. The molecule has 3 aromatic rings. The first-order chi connectivity index (χ1) is 16.5. The second-order valence-electron chi connectivity index (χ2n) is 8.84. The lowest BCUT2D eigenvalue weighted by atomic mass is 9.88. The average Bonchev–Trinajstić information content (AvgIpc) is 3.32. The van der Waals surface area contributed by atoms with Crippen LogP contribution in [0.3, 0.4) is 0 Å². The van der Waals surface area contributed by atoms with Gasteiger partial charge in [-0.25, -0.2) is 0 Å². The largest absolute Gasteiger partial charge is 0.491 e. The Balaban J connectivity index is 1.52. The quantitative estimate of drug-likeness (QED) is 0.364. The maximum atomic E-state index is 12.8. The number of ether oxygens (including phenoxy) is 3. The highest BCUT2D eigenvalue weighted by molar-refractivity contribution is 5.75. The Kier molecular flexibility index (Phi) is 7.73. The van der Waals surface area contributed by atoms with Crippen LogP contribution in [-0.4, -0.2) is 30.2 Å². The normalized spacial score (nSPS) is 13.1. The molecule has 1 aliphatic rings. The minimum absolute atomic E-state index is 0.134. The summed E-state index contributed by atoms with van der Waals surface area (Å²) in [6, 6.07) is 24.6. The van der Waals surface area contributed by atoms with Crippen LogP contribution in [0.25, 0.3) is 0 Å². The van der Waals surface area contributed by atoms with E-state index in [2.05, 4.69) is 36.4 Å². The molecule has 0 spiro atoms. The minimum atomic E-state index is 0.134. The number of amides is 1. The summed E-state index contributed by atoms with van der Waals surface area (Å²) in [5.74, 6) is 2.70. The first-order valence-electron chi connectivity index (χ1n) is 12.0. The summed E-state index contributed by atoms with van der Waals surface area (Å²) in [5.41, 5.74) is 3.48. The van der Waals surface area contributed by atoms with Gasteiger partial charge in [0.05, 0.1) is 6.10 Å². The molecule has 178 valence electrons. The van der Waals surface area contributed by atoms with E-state index in [-0.39, 0.29) is 24.7 Å². The Bertz CT molecular complexity index is 1080.